The maximum Gasteiger partial charge on any atom is 0.253 e. The zero-order chi connectivity index (χ0) is 22.8. The van der Waals surface area contributed by atoms with Crippen molar-refractivity contribution in [3.8, 4) is 0 Å². The van der Waals surface area contributed by atoms with E-state index in [0.29, 0.717) is 17.7 Å². The van der Waals surface area contributed by atoms with Crippen molar-refractivity contribution in [1.82, 2.24) is 14.9 Å². The van der Waals surface area contributed by atoms with Crippen molar-refractivity contribution in [1.29, 1.82) is 0 Å². The van der Waals surface area contributed by atoms with Crippen molar-refractivity contribution in [2.24, 2.45) is 0 Å². The lowest BCUT2D eigenvalue weighted by molar-refractivity contribution is 0.0940. The van der Waals surface area contributed by atoms with Gasteiger partial charge in [0.05, 0.1) is 34.9 Å². The van der Waals surface area contributed by atoms with Crippen LogP contribution in [0.25, 0.3) is 21.8 Å². The van der Waals surface area contributed by atoms with Gasteiger partial charge in [0.25, 0.3) is 5.91 Å². The summed E-state index contributed by atoms with van der Waals surface area (Å²) in [6.45, 7) is 2.51. The van der Waals surface area contributed by atoms with Crippen LogP contribution < -0.4 is 5.32 Å². The average molecular weight is 434 g/mol. The minimum absolute atomic E-state index is 0.140. The van der Waals surface area contributed by atoms with E-state index in [-0.39, 0.29) is 11.9 Å². The highest BCUT2D eigenvalue weighted by Crippen LogP contribution is 2.23. The summed E-state index contributed by atoms with van der Waals surface area (Å²) in [6.07, 6.45) is 2.81. The molecule has 5 aromatic rings. The number of hydrogen-bond donors (Lipinski definition) is 1. The molecule has 0 saturated heterocycles. The number of nitrogens with zero attached hydrogens (tertiary/aromatic N) is 2. The summed E-state index contributed by atoms with van der Waals surface area (Å²) < 4.78 is 2.07. The van der Waals surface area contributed by atoms with Crippen LogP contribution in [-0.4, -0.2) is 21.7 Å². The SMILES string of the molecule is C[C@H](NC(=O)c1cccc2ccn(Cc3ccc4ccccc4n3)c12)c1ccc(C=O)cc1. The number of carbonyl (C=O) groups is 2. The average Bonchev–Trinajstić information content (AvgIpc) is 3.26. The summed E-state index contributed by atoms with van der Waals surface area (Å²) in [4.78, 5) is 28.9. The van der Waals surface area contributed by atoms with Crippen LogP contribution in [0, 0.1) is 0 Å². The number of nitrogens with one attached hydrogen (secondary N) is 1. The third-order valence-corrected chi connectivity index (χ3v) is 5.94. The van der Waals surface area contributed by atoms with Crippen LogP contribution in [0.15, 0.2) is 91.1 Å². The molecule has 3 aromatic carbocycles. The first-order chi connectivity index (χ1) is 16.1. The largest absolute Gasteiger partial charge is 0.345 e. The van der Waals surface area contributed by atoms with Crippen LogP contribution in [-0.2, 0) is 6.54 Å². The van der Waals surface area contributed by atoms with E-state index in [2.05, 4.69) is 16.0 Å². The zero-order valence-corrected chi connectivity index (χ0v) is 18.2. The van der Waals surface area contributed by atoms with Gasteiger partial charge in [-0.1, -0.05) is 60.7 Å². The maximum atomic E-state index is 13.2. The van der Waals surface area contributed by atoms with E-state index >= 15 is 0 Å². The highest BCUT2D eigenvalue weighted by molar-refractivity contribution is 6.06. The molecule has 0 saturated carbocycles. The molecule has 0 fully saturated rings. The lowest BCUT2D eigenvalue weighted by Gasteiger charge is -2.16. The van der Waals surface area contributed by atoms with Gasteiger partial charge >= 0.3 is 0 Å². The molecule has 1 N–H and O–H groups in total. The minimum atomic E-state index is -0.195. The number of hydrogen-bond acceptors (Lipinski definition) is 3. The highest BCUT2D eigenvalue weighted by atomic mass is 16.1. The molecule has 33 heavy (non-hydrogen) atoms. The van der Waals surface area contributed by atoms with Crippen molar-refractivity contribution in [3.05, 3.63) is 114 Å². The number of para-hydroxylation sites is 2. The number of fused-ring (bicyclic) bond motifs is 2. The molecule has 5 rings (SSSR count). The van der Waals surface area contributed by atoms with Gasteiger partial charge in [-0.25, -0.2) is 0 Å². The van der Waals surface area contributed by atoms with Gasteiger partial charge in [0, 0.05) is 22.5 Å². The van der Waals surface area contributed by atoms with Gasteiger partial charge in [-0.3, -0.25) is 14.6 Å². The summed E-state index contributed by atoms with van der Waals surface area (Å²) in [7, 11) is 0. The Bertz CT molecular complexity index is 1470. The Kier molecular flexibility index (Phi) is 5.45. The van der Waals surface area contributed by atoms with E-state index in [1.807, 2.05) is 79.9 Å². The van der Waals surface area contributed by atoms with Gasteiger partial charge in [0.2, 0.25) is 0 Å². The Morgan fingerprint density at radius 1 is 0.939 bits per heavy atom. The summed E-state index contributed by atoms with van der Waals surface area (Å²) in [5.74, 6) is -0.140. The molecule has 0 spiro atoms. The number of aldehydes is 1. The summed E-state index contributed by atoms with van der Waals surface area (Å²) >= 11 is 0. The second-order valence-corrected chi connectivity index (χ2v) is 8.16. The molecular formula is C28H23N3O2. The second-order valence-electron chi connectivity index (χ2n) is 8.16. The minimum Gasteiger partial charge on any atom is -0.345 e. The van der Waals surface area contributed by atoms with E-state index in [1.165, 1.54) is 0 Å². The molecule has 162 valence electrons. The van der Waals surface area contributed by atoms with E-state index in [9.17, 15) is 9.59 Å². The number of aromatic nitrogens is 2. The Morgan fingerprint density at radius 3 is 2.55 bits per heavy atom. The summed E-state index contributed by atoms with van der Waals surface area (Å²) in [5.41, 5.74) is 4.95. The molecule has 0 unspecified atom stereocenters. The predicted octanol–water partition coefficient (Wildman–Crippen LogP) is 5.54. The van der Waals surface area contributed by atoms with E-state index in [0.717, 1.165) is 39.3 Å². The second kappa shape index (κ2) is 8.71. The summed E-state index contributed by atoms with van der Waals surface area (Å²) in [5, 5.41) is 5.20. The highest BCUT2D eigenvalue weighted by Gasteiger charge is 2.17. The van der Waals surface area contributed by atoms with Gasteiger partial charge in [-0.05, 0) is 36.8 Å². The number of carbonyl (C=O) groups excluding carboxylic acids is 2. The number of benzene rings is 3. The molecule has 2 aromatic heterocycles. The van der Waals surface area contributed by atoms with Crippen LogP contribution in [0.4, 0.5) is 0 Å². The van der Waals surface area contributed by atoms with Gasteiger partial charge in [-0.2, -0.15) is 0 Å². The summed E-state index contributed by atoms with van der Waals surface area (Å²) in [6, 6.07) is 27.0. The van der Waals surface area contributed by atoms with Crippen LogP contribution in [0.2, 0.25) is 0 Å². The maximum absolute atomic E-state index is 13.2. The standard InChI is InChI=1S/C28H23N3O2/c1-19(21-11-9-20(18-32)10-12-21)29-28(33)25-7-4-6-23-15-16-31(27(23)25)17-24-14-13-22-5-2-3-8-26(22)30-24/h2-16,18-19H,17H2,1H3,(H,29,33)/t19-/m0/s1. The van der Waals surface area contributed by atoms with Gasteiger partial charge in [0.1, 0.15) is 6.29 Å². The van der Waals surface area contributed by atoms with Gasteiger partial charge < -0.3 is 9.88 Å². The third kappa shape index (κ3) is 4.13. The van der Waals surface area contributed by atoms with E-state index in [1.54, 1.807) is 12.1 Å². The van der Waals surface area contributed by atoms with E-state index < -0.39 is 0 Å². The molecule has 0 aliphatic carbocycles. The van der Waals surface area contributed by atoms with Crippen molar-refractivity contribution in [2.45, 2.75) is 19.5 Å². The molecule has 5 nitrogen and oxygen atoms in total. The van der Waals surface area contributed by atoms with Crippen molar-refractivity contribution in [2.75, 3.05) is 0 Å². The molecule has 2 heterocycles. The predicted molar refractivity (Wildman–Crippen MR) is 130 cm³/mol. The van der Waals surface area contributed by atoms with E-state index in [4.69, 9.17) is 4.98 Å². The Hall–Kier alpha value is -4.25. The first-order valence-electron chi connectivity index (χ1n) is 10.9. The fourth-order valence-corrected chi connectivity index (χ4v) is 4.17. The molecule has 1 amide bonds. The Labute approximate surface area is 191 Å². The molecule has 0 radical (unpaired) electrons. The topological polar surface area (TPSA) is 64.0 Å². The smallest absolute Gasteiger partial charge is 0.253 e. The lowest BCUT2D eigenvalue weighted by Crippen LogP contribution is -2.27. The molecule has 0 bridgehead atoms. The first kappa shape index (κ1) is 20.6. The number of pyridine rings is 1. The fourth-order valence-electron chi connectivity index (χ4n) is 4.17. The van der Waals surface area contributed by atoms with Crippen LogP contribution in [0.1, 0.15) is 44.9 Å². The normalized spacial score (nSPS) is 12.0. The zero-order valence-electron chi connectivity index (χ0n) is 18.2. The third-order valence-electron chi connectivity index (χ3n) is 5.94. The van der Waals surface area contributed by atoms with Crippen molar-refractivity contribution < 1.29 is 9.59 Å². The monoisotopic (exact) mass is 433 g/mol. The number of rotatable bonds is 6. The van der Waals surface area contributed by atoms with Gasteiger partial charge in [-0.15, -0.1) is 0 Å². The van der Waals surface area contributed by atoms with Crippen molar-refractivity contribution in [3.63, 3.8) is 0 Å². The first-order valence-corrected chi connectivity index (χ1v) is 10.9. The molecule has 5 heteroatoms. The van der Waals surface area contributed by atoms with Crippen LogP contribution in [0.3, 0.4) is 0 Å². The van der Waals surface area contributed by atoms with Gasteiger partial charge in [0.15, 0.2) is 0 Å². The Morgan fingerprint density at radius 2 is 1.73 bits per heavy atom. The molecular weight excluding hydrogens is 410 g/mol. The quantitative estimate of drug-likeness (QED) is 0.358. The fraction of sp³-hybridized carbons (Fsp3) is 0.107. The van der Waals surface area contributed by atoms with Crippen LogP contribution in [0.5, 0.6) is 0 Å². The molecule has 1 atom stereocenters. The molecule has 0 aliphatic heterocycles. The van der Waals surface area contributed by atoms with Crippen molar-refractivity contribution >= 4 is 34.0 Å². The lowest BCUT2D eigenvalue weighted by atomic mass is 10.1. The number of amides is 1. The Balaban J connectivity index is 1.44. The van der Waals surface area contributed by atoms with Crippen LogP contribution >= 0.6 is 0 Å². The molecule has 0 aliphatic rings.